The van der Waals surface area contributed by atoms with Crippen LogP contribution in [0.3, 0.4) is 0 Å². The van der Waals surface area contributed by atoms with E-state index in [4.69, 9.17) is 9.15 Å². The Hall–Kier alpha value is -2.54. The highest BCUT2D eigenvalue weighted by molar-refractivity contribution is 7.99. The predicted octanol–water partition coefficient (Wildman–Crippen LogP) is 4.73. The van der Waals surface area contributed by atoms with Gasteiger partial charge < -0.3 is 9.15 Å². The van der Waals surface area contributed by atoms with Gasteiger partial charge >= 0.3 is 0 Å². The van der Waals surface area contributed by atoms with Crippen molar-refractivity contribution in [2.24, 2.45) is 0 Å². The summed E-state index contributed by atoms with van der Waals surface area (Å²) >= 11 is 1.62. The van der Waals surface area contributed by atoms with E-state index < -0.39 is 0 Å². The van der Waals surface area contributed by atoms with E-state index in [9.17, 15) is 4.39 Å². The third kappa shape index (κ3) is 4.35. The van der Waals surface area contributed by atoms with Crippen molar-refractivity contribution in [3.8, 4) is 17.1 Å². The number of halogens is 1. The number of aromatic nitrogens is 3. The van der Waals surface area contributed by atoms with Crippen molar-refractivity contribution < 1.29 is 13.5 Å². The first-order valence-electron chi connectivity index (χ1n) is 8.28. The molecule has 26 heavy (non-hydrogen) atoms. The van der Waals surface area contributed by atoms with Crippen LogP contribution < -0.4 is 4.74 Å². The van der Waals surface area contributed by atoms with E-state index >= 15 is 0 Å². The van der Waals surface area contributed by atoms with Gasteiger partial charge in [0.05, 0.1) is 18.4 Å². The molecule has 3 rings (SSSR count). The molecule has 0 aliphatic carbocycles. The number of nitrogens with zero attached hydrogens (tertiary/aromatic N) is 3. The van der Waals surface area contributed by atoms with Crippen LogP contribution >= 0.6 is 11.8 Å². The molecule has 0 fully saturated rings. The largest absolute Gasteiger partial charge is 0.494 e. The average Bonchev–Trinajstić information content (AvgIpc) is 3.23. The van der Waals surface area contributed by atoms with E-state index in [1.165, 1.54) is 12.1 Å². The molecule has 7 heteroatoms. The molecule has 0 amide bonds. The number of rotatable bonds is 9. The minimum absolute atomic E-state index is 0.266. The summed E-state index contributed by atoms with van der Waals surface area (Å²) in [5, 5.41) is 9.45. The van der Waals surface area contributed by atoms with Gasteiger partial charge in [-0.2, -0.15) is 0 Å². The molecular formula is C19H20FN3O2S. The highest BCUT2D eigenvalue weighted by Gasteiger charge is 2.16. The zero-order valence-electron chi connectivity index (χ0n) is 14.5. The van der Waals surface area contributed by atoms with Crippen LogP contribution in [0.25, 0.3) is 11.4 Å². The second-order valence-electron chi connectivity index (χ2n) is 5.60. The summed E-state index contributed by atoms with van der Waals surface area (Å²) < 4.78 is 25.9. The first-order chi connectivity index (χ1) is 12.7. The molecule has 2 aromatic heterocycles. The van der Waals surface area contributed by atoms with E-state index in [0.717, 1.165) is 34.5 Å². The third-order valence-corrected chi connectivity index (χ3v) is 4.78. The van der Waals surface area contributed by atoms with Gasteiger partial charge in [-0.1, -0.05) is 17.8 Å². The Morgan fingerprint density at radius 2 is 2.08 bits per heavy atom. The van der Waals surface area contributed by atoms with E-state index in [0.29, 0.717) is 18.9 Å². The lowest BCUT2D eigenvalue weighted by atomic mass is 10.2. The van der Waals surface area contributed by atoms with Crippen LogP contribution in [0.15, 0.2) is 58.8 Å². The molecule has 0 radical (unpaired) electrons. The molecule has 0 saturated heterocycles. The summed E-state index contributed by atoms with van der Waals surface area (Å²) in [6.07, 6.45) is 4.31. The van der Waals surface area contributed by atoms with Crippen molar-refractivity contribution in [1.29, 1.82) is 0 Å². The topological polar surface area (TPSA) is 53.1 Å². The van der Waals surface area contributed by atoms with Crippen LogP contribution in [0.5, 0.6) is 5.75 Å². The zero-order chi connectivity index (χ0) is 18.4. The Balaban J connectivity index is 1.56. The summed E-state index contributed by atoms with van der Waals surface area (Å²) in [5.41, 5.74) is 0.936. The fraction of sp³-hybridized carbons (Fsp3) is 0.263. The first-order valence-corrected chi connectivity index (χ1v) is 9.27. The maximum absolute atomic E-state index is 12.9. The molecule has 0 spiro atoms. The average molecular weight is 373 g/mol. The van der Waals surface area contributed by atoms with Gasteiger partial charge in [-0.3, -0.25) is 4.57 Å². The third-order valence-electron chi connectivity index (χ3n) is 3.73. The van der Waals surface area contributed by atoms with Crippen LogP contribution in [-0.2, 0) is 6.54 Å². The SMILES string of the molecule is C=CCn1c(SCCCOc2ccc(F)cc2)nnc1-c1ccoc1C. The Morgan fingerprint density at radius 1 is 1.27 bits per heavy atom. The molecule has 5 nitrogen and oxygen atoms in total. The summed E-state index contributed by atoms with van der Waals surface area (Å²) in [6.45, 7) is 6.90. The Bertz CT molecular complexity index is 858. The predicted molar refractivity (Wildman–Crippen MR) is 99.9 cm³/mol. The van der Waals surface area contributed by atoms with E-state index in [1.54, 1.807) is 30.2 Å². The zero-order valence-corrected chi connectivity index (χ0v) is 15.3. The molecule has 1 aromatic carbocycles. The van der Waals surface area contributed by atoms with Crippen LogP contribution in [0.2, 0.25) is 0 Å². The molecule has 0 aliphatic rings. The highest BCUT2D eigenvalue weighted by Crippen LogP contribution is 2.27. The van der Waals surface area contributed by atoms with Crippen molar-refractivity contribution in [3.63, 3.8) is 0 Å². The van der Waals surface area contributed by atoms with Crippen molar-refractivity contribution in [3.05, 3.63) is 60.8 Å². The van der Waals surface area contributed by atoms with Gasteiger partial charge in [0.2, 0.25) is 0 Å². The standard InChI is InChI=1S/C19H20FN3O2S/c1-3-10-23-18(17-9-12-24-14(17)2)21-22-19(23)26-13-4-11-25-16-7-5-15(20)6-8-16/h3,5-9,12H,1,4,10-11,13H2,2H3. The Morgan fingerprint density at radius 3 is 2.77 bits per heavy atom. The number of aryl methyl sites for hydroxylation is 1. The van der Waals surface area contributed by atoms with E-state index in [2.05, 4.69) is 16.8 Å². The van der Waals surface area contributed by atoms with Crippen molar-refractivity contribution in [2.75, 3.05) is 12.4 Å². The minimum atomic E-state index is -0.266. The smallest absolute Gasteiger partial charge is 0.191 e. The van der Waals surface area contributed by atoms with Crippen molar-refractivity contribution >= 4 is 11.8 Å². The van der Waals surface area contributed by atoms with Crippen LogP contribution in [0.4, 0.5) is 4.39 Å². The summed E-state index contributed by atoms with van der Waals surface area (Å²) in [5.74, 6) is 2.83. The monoisotopic (exact) mass is 373 g/mol. The van der Waals surface area contributed by atoms with Gasteiger partial charge in [0.25, 0.3) is 0 Å². The number of allylic oxidation sites excluding steroid dienone is 1. The van der Waals surface area contributed by atoms with Crippen LogP contribution in [-0.4, -0.2) is 27.1 Å². The number of hydrogen-bond donors (Lipinski definition) is 0. The molecule has 0 saturated carbocycles. The number of ether oxygens (including phenoxy) is 1. The molecule has 0 unspecified atom stereocenters. The summed E-state index contributed by atoms with van der Waals surface area (Å²) in [7, 11) is 0. The Labute approximate surface area is 155 Å². The lowest BCUT2D eigenvalue weighted by Crippen LogP contribution is -2.02. The van der Waals surface area contributed by atoms with Crippen molar-refractivity contribution in [1.82, 2.24) is 14.8 Å². The lowest BCUT2D eigenvalue weighted by molar-refractivity contribution is 0.318. The van der Waals surface area contributed by atoms with E-state index in [1.807, 2.05) is 23.6 Å². The minimum Gasteiger partial charge on any atom is -0.494 e. The van der Waals surface area contributed by atoms with Gasteiger partial charge in [-0.15, -0.1) is 16.8 Å². The molecule has 136 valence electrons. The molecule has 0 bridgehead atoms. The van der Waals surface area contributed by atoms with Crippen molar-refractivity contribution in [2.45, 2.75) is 25.0 Å². The molecule has 0 N–H and O–H groups in total. The number of thioether (sulfide) groups is 1. The fourth-order valence-electron chi connectivity index (χ4n) is 2.45. The maximum Gasteiger partial charge on any atom is 0.191 e. The quantitative estimate of drug-likeness (QED) is 0.308. The number of furan rings is 1. The molecule has 0 atom stereocenters. The van der Waals surface area contributed by atoms with Gasteiger partial charge in [0, 0.05) is 12.3 Å². The normalized spacial score (nSPS) is 10.8. The van der Waals surface area contributed by atoms with Gasteiger partial charge in [0.15, 0.2) is 11.0 Å². The van der Waals surface area contributed by atoms with Crippen LogP contribution in [0, 0.1) is 12.7 Å². The first kappa shape index (κ1) is 18.3. The molecular weight excluding hydrogens is 353 g/mol. The fourth-order valence-corrected chi connectivity index (χ4v) is 3.31. The van der Waals surface area contributed by atoms with Gasteiger partial charge in [-0.05, 0) is 43.7 Å². The highest BCUT2D eigenvalue weighted by atomic mass is 32.2. The Kier molecular flexibility index (Phi) is 6.12. The summed E-state index contributed by atoms with van der Waals surface area (Å²) in [4.78, 5) is 0. The second kappa shape index (κ2) is 8.71. The molecule has 0 aliphatic heterocycles. The van der Waals surface area contributed by atoms with Gasteiger partial charge in [0.1, 0.15) is 17.3 Å². The van der Waals surface area contributed by atoms with Crippen LogP contribution in [0.1, 0.15) is 12.2 Å². The van der Waals surface area contributed by atoms with Gasteiger partial charge in [-0.25, -0.2) is 4.39 Å². The molecule has 2 heterocycles. The number of hydrogen-bond acceptors (Lipinski definition) is 5. The lowest BCUT2D eigenvalue weighted by Gasteiger charge is -2.08. The van der Waals surface area contributed by atoms with E-state index in [-0.39, 0.29) is 5.82 Å². The summed E-state index contributed by atoms with van der Waals surface area (Å²) in [6, 6.07) is 7.93. The maximum atomic E-state index is 12.9. The second-order valence-corrected chi connectivity index (χ2v) is 6.66. The number of benzene rings is 1. The molecule has 3 aromatic rings.